The summed E-state index contributed by atoms with van der Waals surface area (Å²) >= 11 is 1.96. The van der Waals surface area contributed by atoms with Crippen LogP contribution in [-0.2, 0) is 9.53 Å². The van der Waals surface area contributed by atoms with Gasteiger partial charge in [-0.1, -0.05) is 0 Å². The van der Waals surface area contributed by atoms with Gasteiger partial charge in [0.1, 0.15) is 12.1 Å². The molecule has 5 nitrogen and oxygen atoms in total. The zero-order chi connectivity index (χ0) is 12.3. The van der Waals surface area contributed by atoms with Gasteiger partial charge < -0.3 is 10.5 Å². The van der Waals surface area contributed by atoms with Crippen LogP contribution < -0.4 is 5.73 Å². The van der Waals surface area contributed by atoms with Crippen molar-refractivity contribution in [2.45, 2.75) is 32.0 Å². The molecule has 6 heteroatoms. The van der Waals surface area contributed by atoms with Crippen LogP contribution in [0, 0.1) is 5.92 Å². The van der Waals surface area contributed by atoms with Crippen molar-refractivity contribution in [3.05, 3.63) is 0 Å². The predicted molar refractivity (Wildman–Crippen MR) is 68.8 cm³/mol. The van der Waals surface area contributed by atoms with E-state index in [-0.39, 0.29) is 12.1 Å². The van der Waals surface area contributed by atoms with Gasteiger partial charge in [0, 0.05) is 6.21 Å². The second kappa shape index (κ2) is 5.73. The normalized spacial score (nSPS) is 29.6. The molecule has 2 rings (SSSR count). The molecule has 0 aromatic rings. The van der Waals surface area contributed by atoms with Crippen LogP contribution in [0.2, 0.25) is 0 Å². The minimum atomic E-state index is -0.412. The van der Waals surface area contributed by atoms with Gasteiger partial charge in [-0.2, -0.15) is 16.9 Å². The van der Waals surface area contributed by atoms with E-state index in [1.807, 2.05) is 16.8 Å². The first kappa shape index (κ1) is 12.7. The molecule has 1 fully saturated rings. The Balaban J connectivity index is 1.95. The Hall–Kier alpha value is -0.750. The summed E-state index contributed by atoms with van der Waals surface area (Å²) in [5.74, 6) is 1.61. The lowest BCUT2D eigenvalue weighted by Crippen LogP contribution is -2.48. The van der Waals surface area contributed by atoms with Crippen molar-refractivity contribution in [3.8, 4) is 0 Å². The van der Waals surface area contributed by atoms with Crippen LogP contribution in [0.5, 0.6) is 0 Å². The smallest absolute Gasteiger partial charge is 0.318 e. The quantitative estimate of drug-likeness (QED) is 0.752. The molecule has 2 heterocycles. The molecule has 0 radical (unpaired) electrons. The minimum Gasteiger partial charge on any atom is -0.465 e. The average Bonchev–Trinajstić information content (AvgIpc) is 2.72. The molecule has 0 aromatic carbocycles. The summed E-state index contributed by atoms with van der Waals surface area (Å²) in [5.41, 5.74) is 6.08. The van der Waals surface area contributed by atoms with Crippen LogP contribution in [0.1, 0.15) is 19.8 Å². The maximum atomic E-state index is 11.7. The van der Waals surface area contributed by atoms with E-state index >= 15 is 0 Å². The summed E-state index contributed by atoms with van der Waals surface area (Å²) in [6, 6.07) is 0.377. The Morgan fingerprint density at radius 2 is 2.29 bits per heavy atom. The number of esters is 1. The topological polar surface area (TPSA) is 67.9 Å². The molecule has 0 aromatic heterocycles. The minimum absolute atomic E-state index is 0.267. The molecule has 1 saturated heterocycles. The Kier molecular flexibility index (Phi) is 4.28. The predicted octanol–water partition coefficient (Wildman–Crippen LogP) is 0.647. The maximum absolute atomic E-state index is 11.7. The van der Waals surface area contributed by atoms with Gasteiger partial charge in [-0.05, 0) is 31.3 Å². The van der Waals surface area contributed by atoms with Crippen LogP contribution in [-0.4, -0.2) is 47.5 Å². The molecule has 17 heavy (non-hydrogen) atoms. The highest BCUT2D eigenvalue weighted by Crippen LogP contribution is 2.27. The summed E-state index contributed by atoms with van der Waals surface area (Å²) in [7, 11) is 0. The highest BCUT2D eigenvalue weighted by molar-refractivity contribution is 7.99. The van der Waals surface area contributed by atoms with E-state index in [2.05, 4.69) is 5.10 Å². The van der Waals surface area contributed by atoms with Gasteiger partial charge in [0.15, 0.2) is 0 Å². The first-order chi connectivity index (χ1) is 8.24. The Bertz CT molecular complexity index is 305. The first-order valence-corrected chi connectivity index (χ1v) is 7.22. The number of thioether (sulfide) groups is 1. The lowest BCUT2D eigenvalue weighted by molar-refractivity contribution is -0.147. The standard InChI is InChI=1S/C11H19N3O2S/c1-2-16-11(15)9-7-13-14(10(9)12)8-3-5-17-6-4-8/h7-10H,2-6,12H2,1H3. The summed E-state index contributed by atoms with van der Waals surface area (Å²) < 4.78 is 4.99. The fourth-order valence-electron chi connectivity index (χ4n) is 2.20. The fourth-order valence-corrected chi connectivity index (χ4v) is 3.29. The highest BCUT2D eigenvalue weighted by Gasteiger charge is 2.37. The SMILES string of the molecule is CCOC(=O)C1C=NN(C2CCSCC2)C1N. The van der Waals surface area contributed by atoms with E-state index in [0.717, 1.165) is 24.3 Å². The Morgan fingerprint density at radius 1 is 1.59 bits per heavy atom. The number of carbonyl (C=O) groups is 1. The van der Waals surface area contributed by atoms with Gasteiger partial charge in [0.25, 0.3) is 0 Å². The van der Waals surface area contributed by atoms with Crippen LogP contribution in [0.3, 0.4) is 0 Å². The summed E-state index contributed by atoms with van der Waals surface area (Å²) in [6.07, 6.45) is 3.45. The third-order valence-corrected chi connectivity index (χ3v) is 4.21. The van der Waals surface area contributed by atoms with Crippen molar-refractivity contribution in [3.63, 3.8) is 0 Å². The van der Waals surface area contributed by atoms with Crippen LogP contribution >= 0.6 is 11.8 Å². The second-order valence-corrected chi connectivity index (χ2v) is 5.48. The lowest BCUT2D eigenvalue weighted by atomic mass is 10.1. The molecule has 96 valence electrons. The summed E-state index contributed by atoms with van der Waals surface area (Å²) in [4.78, 5) is 11.7. The molecule has 2 atom stereocenters. The van der Waals surface area contributed by atoms with Crippen molar-refractivity contribution in [2.75, 3.05) is 18.1 Å². The molecular formula is C11H19N3O2S. The molecular weight excluding hydrogens is 238 g/mol. The molecule has 0 saturated carbocycles. The molecule has 2 aliphatic heterocycles. The van der Waals surface area contributed by atoms with Crippen molar-refractivity contribution in [2.24, 2.45) is 16.8 Å². The van der Waals surface area contributed by atoms with Gasteiger partial charge in [-0.15, -0.1) is 0 Å². The van der Waals surface area contributed by atoms with Crippen LogP contribution in [0.4, 0.5) is 0 Å². The molecule has 2 unspecified atom stereocenters. The highest BCUT2D eigenvalue weighted by atomic mass is 32.2. The molecule has 2 N–H and O–H groups in total. The van der Waals surface area contributed by atoms with E-state index < -0.39 is 5.92 Å². The zero-order valence-electron chi connectivity index (χ0n) is 10.0. The molecule has 0 bridgehead atoms. The number of ether oxygens (including phenoxy) is 1. The van der Waals surface area contributed by atoms with E-state index in [1.165, 1.54) is 0 Å². The molecule has 2 aliphatic rings. The zero-order valence-corrected chi connectivity index (χ0v) is 10.9. The number of rotatable bonds is 3. The number of hydrogen-bond donors (Lipinski definition) is 1. The summed E-state index contributed by atoms with van der Waals surface area (Å²) in [6.45, 7) is 2.18. The van der Waals surface area contributed by atoms with E-state index in [9.17, 15) is 4.79 Å². The van der Waals surface area contributed by atoms with Gasteiger partial charge in [-0.25, -0.2) is 0 Å². The largest absolute Gasteiger partial charge is 0.465 e. The maximum Gasteiger partial charge on any atom is 0.318 e. The second-order valence-electron chi connectivity index (χ2n) is 4.26. The third kappa shape index (κ3) is 2.74. The molecule has 0 spiro atoms. The van der Waals surface area contributed by atoms with Crippen LogP contribution in [0.15, 0.2) is 5.10 Å². The fraction of sp³-hybridized carbons (Fsp3) is 0.818. The Labute approximate surface area is 106 Å². The van der Waals surface area contributed by atoms with Gasteiger partial charge >= 0.3 is 5.97 Å². The molecule has 0 amide bonds. The number of carbonyl (C=O) groups excluding carboxylic acids is 1. The van der Waals surface area contributed by atoms with Gasteiger partial charge in [-0.3, -0.25) is 9.80 Å². The average molecular weight is 257 g/mol. The third-order valence-electron chi connectivity index (χ3n) is 3.16. The lowest BCUT2D eigenvalue weighted by Gasteiger charge is -2.33. The van der Waals surface area contributed by atoms with E-state index in [1.54, 1.807) is 13.1 Å². The van der Waals surface area contributed by atoms with Crippen molar-refractivity contribution >= 4 is 23.9 Å². The number of hydrazone groups is 1. The van der Waals surface area contributed by atoms with E-state index in [4.69, 9.17) is 10.5 Å². The van der Waals surface area contributed by atoms with Crippen LogP contribution in [0.25, 0.3) is 0 Å². The Morgan fingerprint density at radius 3 is 2.94 bits per heavy atom. The summed E-state index contributed by atoms with van der Waals surface area (Å²) in [5, 5.41) is 6.19. The molecule has 0 aliphatic carbocycles. The van der Waals surface area contributed by atoms with Crippen molar-refractivity contribution < 1.29 is 9.53 Å². The first-order valence-electron chi connectivity index (χ1n) is 6.06. The monoisotopic (exact) mass is 257 g/mol. The van der Waals surface area contributed by atoms with Crippen molar-refractivity contribution in [1.29, 1.82) is 0 Å². The van der Waals surface area contributed by atoms with Gasteiger partial charge in [0.05, 0.1) is 12.6 Å². The number of nitrogens with zero attached hydrogens (tertiary/aromatic N) is 2. The van der Waals surface area contributed by atoms with E-state index in [0.29, 0.717) is 12.6 Å². The van der Waals surface area contributed by atoms with Gasteiger partial charge in [0.2, 0.25) is 0 Å². The van der Waals surface area contributed by atoms with Crippen molar-refractivity contribution in [1.82, 2.24) is 5.01 Å². The number of hydrogen-bond acceptors (Lipinski definition) is 6. The number of nitrogens with two attached hydrogens (primary N) is 1.